The molecule has 0 saturated carbocycles. The minimum absolute atomic E-state index is 0.0179. The number of nitrogens with one attached hydrogen (secondary N) is 2. The van der Waals surface area contributed by atoms with Crippen molar-refractivity contribution in [3.8, 4) is 0 Å². The van der Waals surface area contributed by atoms with E-state index in [-0.39, 0.29) is 17.9 Å². The van der Waals surface area contributed by atoms with Crippen LogP contribution in [0.1, 0.15) is 13.8 Å². The lowest BCUT2D eigenvalue weighted by Gasteiger charge is -2.20. The fraction of sp³-hybridized carbons (Fsp3) is 0.455. The molecule has 0 bridgehead atoms. The van der Waals surface area contributed by atoms with E-state index in [0.29, 0.717) is 0 Å². The normalized spacial score (nSPS) is 12.3. The van der Waals surface area contributed by atoms with Crippen molar-refractivity contribution in [1.29, 1.82) is 0 Å². The molecule has 82 valence electrons. The summed E-state index contributed by atoms with van der Waals surface area (Å²) in [7, 11) is 1.64. The summed E-state index contributed by atoms with van der Waals surface area (Å²) in [6.07, 6.45) is 1.70. The summed E-state index contributed by atoms with van der Waals surface area (Å²) >= 11 is 0. The third-order valence-corrected chi connectivity index (χ3v) is 2.16. The molecule has 0 unspecified atom stereocenters. The second-order valence-electron chi connectivity index (χ2n) is 3.70. The van der Waals surface area contributed by atoms with Crippen LogP contribution in [0.5, 0.6) is 0 Å². The van der Waals surface area contributed by atoms with Crippen molar-refractivity contribution in [3.05, 3.63) is 24.4 Å². The predicted octanol–water partition coefficient (Wildman–Crippen LogP) is 1.26. The molecule has 0 spiro atoms. The van der Waals surface area contributed by atoms with Gasteiger partial charge in [-0.25, -0.2) is 4.98 Å². The molecular weight excluding hydrogens is 190 g/mol. The van der Waals surface area contributed by atoms with Crippen molar-refractivity contribution in [3.63, 3.8) is 0 Å². The van der Waals surface area contributed by atoms with Crippen LogP contribution in [-0.2, 0) is 4.79 Å². The zero-order valence-electron chi connectivity index (χ0n) is 9.32. The van der Waals surface area contributed by atoms with E-state index in [4.69, 9.17) is 0 Å². The average molecular weight is 207 g/mol. The molecule has 0 saturated heterocycles. The van der Waals surface area contributed by atoms with Gasteiger partial charge in [0, 0.05) is 13.2 Å². The standard InChI is InChI=1S/C11H17N3O/c1-8(2)10(11(15)12-3)14-9-6-4-5-7-13-9/h4-8,10H,1-3H3,(H,12,15)(H,13,14)/t10-/m0/s1. The molecule has 1 heterocycles. The van der Waals surface area contributed by atoms with E-state index in [1.807, 2.05) is 32.0 Å². The number of rotatable bonds is 4. The first-order valence-electron chi connectivity index (χ1n) is 5.04. The van der Waals surface area contributed by atoms with Gasteiger partial charge >= 0.3 is 0 Å². The SMILES string of the molecule is CNC(=O)[C@@H](Nc1ccccn1)C(C)C. The molecule has 1 aromatic heterocycles. The Morgan fingerprint density at radius 3 is 2.60 bits per heavy atom. The zero-order valence-corrected chi connectivity index (χ0v) is 9.32. The van der Waals surface area contributed by atoms with Gasteiger partial charge in [-0.15, -0.1) is 0 Å². The maximum absolute atomic E-state index is 11.6. The Labute approximate surface area is 90.1 Å². The van der Waals surface area contributed by atoms with E-state index >= 15 is 0 Å². The van der Waals surface area contributed by atoms with Crippen molar-refractivity contribution < 1.29 is 4.79 Å². The van der Waals surface area contributed by atoms with Crippen LogP contribution in [0.4, 0.5) is 5.82 Å². The maximum Gasteiger partial charge on any atom is 0.242 e. The fourth-order valence-electron chi connectivity index (χ4n) is 1.30. The largest absolute Gasteiger partial charge is 0.358 e. The van der Waals surface area contributed by atoms with E-state index in [2.05, 4.69) is 15.6 Å². The minimum Gasteiger partial charge on any atom is -0.358 e. The van der Waals surface area contributed by atoms with Gasteiger partial charge in [0.05, 0.1) is 0 Å². The van der Waals surface area contributed by atoms with Gasteiger partial charge in [-0.3, -0.25) is 4.79 Å². The topological polar surface area (TPSA) is 54.0 Å². The number of carbonyl (C=O) groups is 1. The van der Waals surface area contributed by atoms with Crippen LogP contribution in [0.2, 0.25) is 0 Å². The summed E-state index contributed by atoms with van der Waals surface area (Å²) < 4.78 is 0. The highest BCUT2D eigenvalue weighted by Crippen LogP contribution is 2.09. The highest BCUT2D eigenvalue weighted by molar-refractivity contribution is 5.84. The van der Waals surface area contributed by atoms with Gasteiger partial charge in [0.1, 0.15) is 11.9 Å². The van der Waals surface area contributed by atoms with E-state index in [9.17, 15) is 4.79 Å². The van der Waals surface area contributed by atoms with Gasteiger partial charge in [-0.2, -0.15) is 0 Å². The lowest BCUT2D eigenvalue weighted by Crippen LogP contribution is -2.41. The van der Waals surface area contributed by atoms with E-state index in [1.54, 1.807) is 13.2 Å². The Morgan fingerprint density at radius 2 is 2.13 bits per heavy atom. The highest BCUT2D eigenvalue weighted by Gasteiger charge is 2.20. The van der Waals surface area contributed by atoms with Gasteiger partial charge in [-0.1, -0.05) is 19.9 Å². The van der Waals surface area contributed by atoms with Gasteiger partial charge < -0.3 is 10.6 Å². The molecule has 15 heavy (non-hydrogen) atoms. The molecule has 0 aliphatic carbocycles. The van der Waals surface area contributed by atoms with Crippen LogP contribution in [0.15, 0.2) is 24.4 Å². The summed E-state index contributed by atoms with van der Waals surface area (Å²) in [5, 5.41) is 5.74. The number of aromatic nitrogens is 1. The van der Waals surface area contributed by atoms with Crippen LogP contribution >= 0.6 is 0 Å². The second kappa shape index (κ2) is 5.34. The lowest BCUT2D eigenvalue weighted by molar-refractivity contribution is -0.122. The quantitative estimate of drug-likeness (QED) is 0.781. The predicted molar refractivity (Wildman–Crippen MR) is 60.6 cm³/mol. The van der Waals surface area contributed by atoms with Crippen LogP contribution in [-0.4, -0.2) is 24.0 Å². The third-order valence-electron chi connectivity index (χ3n) is 2.16. The minimum atomic E-state index is -0.245. The number of hydrogen-bond acceptors (Lipinski definition) is 3. The molecule has 0 aliphatic heterocycles. The number of amides is 1. The van der Waals surface area contributed by atoms with Gasteiger partial charge in [0.15, 0.2) is 0 Å². The molecule has 0 aliphatic rings. The summed E-state index contributed by atoms with van der Waals surface area (Å²) in [6.45, 7) is 3.99. The molecule has 0 aromatic carbocycles. The number of likely N-dealkylation sites (N-methyl/N-ethyl adjacent to an activating group) is 1. The fourth-order valence-corrected chi connectivity index (χ4v) is 1.30. The molecule has 4 nitrogen and oxygen atoms in total. The van der Waals surface area contributed by atoms with Crippen molar-refractivity contribution in [2.24, 2.45) is 5.92 Å². The molecule has 1 aromatic rings. The van der Waals surface area contributed by atoms with Crippen molar-refractivity contribution in [2.45, 2.75) is 19.9 Å². The zero-order chi connectivity index (χ0) is 11.3. The van der Waals surface area contributed by atoms with E-state index in [1.165, 1.54) is 0 Å². The van der Waals surface area contributed by atoms with Crippen LogP contribution < -0.4 is 10.6 Å². The number of hydrogen-bond donors (Lipinski definition) is 2. The lowest BCUT2D eigenvalue weighted by atomic mass is 10.0. The van der Waals surface area contributed by atoms with Crippen molar-refractivity contribution in [2.75, 3.05) is 12.4 Å². The first-order valence-corrected chi connectivity index (χ1v) is 5.04. The smallest absolute Gasteiger partial charge is 0.242 e. The van der Waals surface area contributed by atoms with Crippen molar-refractivity contribution in [1.82, 2.24) is 10.3 Å². The van der Waals surface area contributed by atoms with E-state index in [0.717, 1.165) is 5.82 Å². The molecule has 0 radical (unpaired) electrons. The molecule has 1 rings (SSSR count). The summed E-state index contributed by atoms with van der Waals surface area (Å²) in [5.74, 6) is 0.919. The Kier molecular flexibility index (Phi) is 4.09. The summed E-state index contributed by atoms with van der Waals surface area (Å²) in [6, 6.07) is 5.33. The molecule has 2 N–H and O–H groups in total. The number of pyridine rings is 1. The summed E-state index contributed by atoms with van der Waals surface area (Å²) in [5.41, 5.74) is 0. The van der Waals surface area contributed by atoms with Crippen LogP contribution in [0, 0.1) is 5.92 Å². The molecular formula is C11H17N3O. The molecule has 0 fully saturated rings. The van der Waals surface area contributed by atoms with Gasteiger partial charge in [-0.05, 0) is 18.1 Å². The number of carbonyl (C=O) groups excluding carboxylic acids is 1. The first kappa shape index (κ1) is 11.5. The summed E-state index contributed by atoms with van der Waals surface area (Å²) in [4.78, 5) is 15.7. The molecule has 1 atom stereocenters. The Balaban J connectivity index is 2.72. The number of nitrogens with zero attached hydrogens (tertiary/aromatic N) is 1. The Bertz CT molecular complexity index is 311. The molecule has 4 heteroatoms. The Morgan fingerprint density at radius 1 is 1.40 bits per heavy atom. The van der Waals surface area contributed by atoms with Crippen LogP contribution in [0.25, 0.3) is 0 Å². The van der Waals surface area contributed by atoms with E-state index < -0.39 is 0 Å². The van der Waals surface area contributed by atoms with Gasteiger partial charge in [0.2, 0.25) is 5.91 Å². The third kappa shape index (κ3) is 3.23. The highest BCUT2D eigenvalue weighted by atomic mass is 16.2. The van der Waals surface area contributed by atoms with Crippen molar-refractivity contribution >= 4 is 11.7 Å². The van der Waals surface area contributed by atoms with Crippen LogP contribution in [0.3, 0.4) is 0 Å². The Hall–Kier alpha value is -1.58. The average Bonchev–Trinajstić information content (AvgIpc) is 2.26. The second-order valence-corrected chi connectivity index (χ2v) is 3.70. The number of anilines is 1. The monoisotopic (exact) mass is 207 g/mol. The first-order chi connectivity index (χ1) is 7.15. The maximum atomic E-state index is 11.6. The molecule has 1 amide bonds. The van der Waals surface area contributed by atoms with Gasteiger partial charge in [0.25, 0.3) is 0 Å².